The first-order chi connectivity index (χ1) is 9.49. The molecule has 1 atom stereocenters. The fraction of sp³-hybridized carbons (Fsp3) is 0.250. The quantitative estimate of drug-likeness (QED) is 0.606. The molecule has 0 aliphatic carbocycles. The number of nitro groups is 1. The van der Waals surface area contributed by atoms with Gasteiger partial charge in [-0.05, 0) is 18.2 Å². The van der Waals surface area contributed by atoms with Gasteiger partial charge in [0.15, 0.2) is 5.82 Å². The van der Waals surface area contributed by atoms with Crippen molar-refractivity contribution >= 4 is 0 Å². The highest BCUT2D eigenvalue weighted by molar-refractivity contribution is 5.24. The molecule has 8 heteroatoms. The van der Waals surface area contributed by atoms with Crippen LogP contribution in [0.4, 0.5) is 4.39 Å². The summed E-state index contributed by atoms with van der Waals surface area (Å²) in [6, 6.07) is 2.86. The summed E-state index contributed by atoms with van der Waals surface area (Å²) in [5.41, 5.74) is 12.1. The van der Waals surface area contributed by atoms with Gasteiger partial charge in [-0.15, -0.1) is 0 Å². The van der Waals surface area contributed by atoms with Crippen LogP contribution >= 0.6 is 0 Å². The van der Waals surface area contributed by atoms with Gasteiger partial charge in [0, 0.05) is 24.7 Å². The minimum atomic E-state index is -0.555. The molecule has 4 N–H and O–H groups in total. The Balaban J connectivity index is 2.09. The summed E-state index contributed by atoms with van der Waals surface area (Å²) in [5, 5.41) is 10.8. The minimum absolute atomic E-state index is 0.0205. The maximum Gasteiger partial charge on any atom is 0.308 e. The number of nitrogens with zero attached hydrogens (tertiary/aromatic N) is 3. The van der Waals surface area contributed by atoms with E-state index in [-0.39, 0.29) is 11.5 Å². The van der Waals surface area contributed by atoms with Crippen molar-refractivity contribution in [1.29, 1.82) is 0 Å². The van der Waals surface area contributed by atoms with Gasteiger partial charge < -0.3 is 16.4 Å². The third-order valence-electron chi connectivity index (χ3n) is 2.98. The largest absolute Gasteiger partial charge is 0.380 e. The molecule has 1 aromatic rings. The van der Waals surface area contributed by atoms with Crippen molar-refractivity contribution in [2.75, 3.05) is 6.54 Å². The standard InChI is InChI=1S/C12H14FN5O2/c13-8-1-2-9(16-7-8)5-6-17-11(14)4-3-10(12(17)15)18(19)20/h1-4,7,11H,5-6,14-15H2. The maximum atomic E-state index is 12.7. The van der Waals surface area contributed by atoms with Gasteiger partial charge >= 0.3 is 5.70 Å². The van der Waals surface area contributed by atoms with Crippen LogP contribution in [0.1, 0.15) is 5.69 Å². The second-order valence-corrected chi connectivity index (χ2v) is 4.29. The van der Waals surface area contributed by atoms with Crippen LogP contribution in [0.2, 0.25) is 0 Å². The summed E-state index contributed by atoms with van der Waals surface area (Å²) >= 11 is 0. The smallest absolute Gasteiger partial charge is 0.308 e. The van der Waals surface area contributed by atoms with E-state index in [2.05, 4.69) is 4.98 Å². The van der Waals surface area contributed by atoms with Crippen molar-refractivity contribution in [1.82, 2.24) is 9.88 Å². The molecule has 0 spiro atoms. The molecule has 0 fully saturated rings. The van der Waals surface area contributed by atoms with Crippen molar-refractivity contribution in [2.45, 2.75) is 12.6 Å². The van der Waals surface area contributed by atoms with Gasteiger partial charge in [-0.1, -0.05) is 0 Å². The second-order valence-electron chi connectivity index (χ2n) is 4.29. The fourth-order valence-electron chi connectivity index (χ4n) is 1.90. The van der Waals surface area contributed by atoms with E-state index in [1.807, 2.05) is 0 Å². The summed E-state index contributed by atoms with van der Waals surface area (Å²) in [7, 11) is 0. The van der Waals surface area contributed by atoms with Gasteiger partial charge in [0.25, 0.3) is 0 Å². The Morgan fingerprint density at radius 2 is 2.25 bits per heavy atom. The molecular formula is C12H14FN5O2. The first kappa shape index (κ1) is 13.9. The predicted octanol–water partition coefficient (Wildman–Crippen LogP) is 0.324. The number of halogens is 1. The molecule has 20 heavy (non-hydrogen) atoms. The Morgan fingerprint density at radius 1 is 1.50 bits per heavy atom. The zero-order chi connectivity index (χ0) is 14.7. The summed E-state index contributed by atoms with van der Waals surface area (Å²) in [5.74, 6) is -0.395. The van der Waals surface area contributed by atoms with Gasteiger partial charge in [0.1, 0.15) is 5.82 Å². The molecule has 0 saturated heterocycles. The van der Waals surface area contributed by atoms with Crippen LogP contribution in [-0.2, 0) is 6.42 Å². The third kappa shape index (κ3) is 2.91. The summed E-state index contributed by atoms with van der Waals surface area (Å²) in [6.07, 6.45) is 3.85. The first-order valence-electron chi connectivity index (χ1n) is 5.94. The van der Waals surface area contributed by atoms with Gasteiger partial charge in [-0.3, -0.25) is 15.1 Å². The normalized spacial score (nSPS) is 18.5. The van der Waals surface area contributed by atoms with Crippen molar-refractivity contribution in [2.24, 2.45) is 11.5 Å². The average molecular weight is 279 g/mol. The molecule has 1 unspecified atom stereocenters. The minimum Gasteiger partial charge on any atom is -0.380 e. The van der Waals surface area contributed by atoms with Gasteiger partial charge in [-0.25, -0.2) is 4.39 Å². The average Bonchev–Trinajstić information content (AvgIpc) is 2.40. The Hall–Kier alpha value is -2.48. The third-order valence-corrected chi connectivity index (χ3v) is 2.98. The van der Waals surface area contributed by atoms with Crippen LogP contribution < -0.4 is 11.5 Å². The predicted molar refractivity (Wildman–Crippen MR) is 69.9 cm³/mol. The monoisotopic (exact) mass is 279 g/mol. The van der Waals surface area contributed by atoms with E-state index in [0.717, 1.165) is 6.20 Å². The summed E-state index contributed by atoms with van der Waals surface area (Å²) < 4.78 is 12.7. The van der Waals surface area contributed by atoms with Gasteiger partial charge in [0.2, 0.25) is 0 Å². The Kier molecular flexibility index (Phi) is 3.94. The number of aromatic nitrogens is 1. The van der Waals surface area contributed by atoms with E-state index in [1.54, 1.807) is 6.07 Å². The molecule has 0 radical (unpaired) electrons. The van der Waals surface area contributed by atoms with Crippen LogP contribution in [0.3, 0.4) is 0 Å². The van der Waals surface area contributed by atoms with E-state index in [1.165, 1.54) is 23.1 Å². The summed E-state index contributed by atoms with van der Waals surface area (Å²) in [4.78, 5) is 15.7. The zero-order valence-electron chi connectivity index (χ0n) is 10.6. The van der Waals surface area contributed by atoms with Gasteiger partial charge in [-0.2, -0.15) is 0 Å². The Morgan fingerprint density at radius 3 is 2.85 bits per heavy atom. The van der Waals surface area contributed by atoms with Crippen LogP contribution in [0.5, 0.6) is 0 Å². The molecule has 0 amide bonds. The van der Waals surface area contributed by atoms with E-state index < -0.39 is 16.9 Å². The van der Waals surface area contributed by atoms with E-state index in [9.17, 15) is 14.5 Å². The molecule has 0 bridgehead atoms. The summed E-state index contributed by atoms with van der Waals surface area (Å²) in [6.45, 7) is 0.354. The topological polar surface area (TPSA) is 111 Å². The lowest BCUT2D eigenvalue weighted by Gasteiger charge is -2.30. The second kappa shape index (κ2) is 5.66. The Labute approximate surface area is 114 Å². The highest BCUT2D eigenvalue weighted by Crippen LogP contribution is 2.16. The number of rotatable bonds is 4. The van der Waals surface area contributed by atoms with Crippen molar-refractivity contribution in [3.8, 4) is 0 Å². The molecular weight excluding hydrogens is 265 g/mol. The van der Waals surface area contributed by atoms with Gasteiger partial charge in [0.05, 0.1) is 17.3 Å². The van der Waals surface area contributed by atoms with E-state index in [0.29, 0.717) is 18.7 Å². The highest BCUT2D eigenvalue weighted by Gasteiger charge is 2.26. The lowest BCUT2D eigenvalue weighted by atomic mass is 10.2. The molecule has 1 aliphatic rings. The number of hydrogen-bond acceptors (Lipinski definition) is 6. The maximum absolute atomic E-state index is 12.7. The van der Waals surface area contributed by atoms with Crippen molar-refractivity contribution in [3.63, 3.8) is 0 Å². The zero-order valence-corrected chi connectivity index (χ0v) is 10.6. The molecule has 1 aliphatic heterocycles. The lowest BCUT2D eigenvalue weighted by Crippen LogP contribution is -2.46. The van der Waals surface area contributed by atoms with Crippen molar-refractivity contribution in [3.05, 3.63) is 63.6 Å². The molecule has 0 aromatic carbocycles. The lowest BCUT2D eigenvalue weighted by molar-refractivity contribution is -0.421. The molecule has 1 aromatic heterocycles. The molecule has 2 heterocycles. The fourth-order valence-corrected chi connectivity index (χ4v) is 1.90. The van der Waals surface area contributed by atoms with E-state index >= 15 is 0 Å². The number of pyridine rings is 1. The number of nitrogens with two attached hydrogens (primary N) is 2. The molecule has 7 nitrogen and oxygen atoms in total. The molecule has 2 rings (SSSR count). The van der Waals surface area contributed by atoms with Crippen LogP contribution in [-0.4, -0.2) is 27.5 Å². The SMILES string of the molecule is NC1=C([N+](=O)[O-])C=CC(N)N1CCc1ccc(F)cn1. The van der Waals surface area contributed by atoms with Crippen LogP contribution in [0, 0.1) is 15.9 Å². The highest BCUT2D eigenvalue weighted by atomic mass is 19.1. The van der Waals surface area contributed by atoms with Crippen molar-refractivity contribution < 1.29 is 9.31 Å². The number of hydrogen-bond donors (Lipinski definition) is 2. The first-order valence-corrected chi connectivity index (χ1v) is 5.94. The van der Waals surface area contributed by atoms with Crippen LogP contribution in [0.25, 0.3) is 0 Å². The van der Waals surface area contributed by atoms with Crippen LogP contribution in [0.15, 0.2) is 42.0 Å². The molecule has 0 saturated carbocycles. The number of allylic oxidation sites excluding steroid dienone is 1. The molecule has 106 valence electrons. The van der Waals surface area contributed by atoms with E-state index in [4.69, 9.17) is 11.5 Å². The Bertz CT molecular complexity index is 570.